The molecule has 2 heterocycles. The van der Waals surface area contributed by atoms with Crippen LogP contribution in [0.2, 0.25) is 0 Å². The summed E-state index contributed by atoms with van der Waals surface area (Å²) >= 11 is 1.95. The molecule has 3 rings (SSSR count). The van der Waals surface area contributed by atoms with Gasteiger partial charge in [0.1, 0.15) is 5.75 Å². The van der Waals surface area contributed by atoms with Gasteiger partial charge in [-0.3, -0.25) is 4.99 Å². The number of rotatable bonds is 4. The van der Waals surface area contributed by atoms with E-state index in [-0.39, 0.29) is 0 Å². The van der Waals surface area contributed by atoms with Crippen molar-refractivity contribution in [1.29, 1.82) is 0 Å². The van der Waals surface area contributed by atoms with Crippen molar-refractivity contribution in [2.45, 2.75) is 33.1 Å². The summed E-state index contributed by atoms with van der Waals surface area (Å²) in [6, 6.07) is 8.36. The van der Waals surface area contributed by atoms with Crippen molar-refractivity contribution in [3.05, 3.63) is 50.7 Å². The first kappa shape index (κ1) is 14.3. The molecule has 2 nitrogen and oxygen atoms in total. The first-order chi connectivity index (χ1) is 10.2. The molecule has 0 radical (unpaired) electrons. The van der Waals surface area contributed by atoms with Gasteiger partial charge in [0.05, 0.1) is 7.11 Å². The predicted octanol–water partition coefficient (Wildman–Crippen LogP) is 4.35. The van der Waals surface area contributed by atoms with Gasteiger partial charge in [0.2, 0.25) is 0 Å². The molecule has 21 heavy (non-hydrogen) atoms. The zero-order chi connectivity index (χ0) is 14.8. The van der Waals surface area contributed by atoms with Crippen molar-refractivity contribution in [3.63, 3.8) is 0 Å². The van der Waals surface area contributed by atoms with Crippen LogP contribution in [0.5, 0.6) is 5.75 Å². The van der Waals surface area contributed by atoms with Gasteiger partial charge in [-0.1, -0.05) is 12.1 Å². The maximum atomic E-state index is 5.21. The molecule has 0 atom stereocenters. The first-order valence-electron chi connectivity index (χ1n) is 7.44. The molecule has 0 spiro atoms. The van der Waals surface area contributed by atoms with Crippen LogP contribution in [-0.4, -0.2) is 19.4 Å². The Balaban J connectivity index is 1.75. The third-order valence-corrected chi connectivity index (χ3v) is 5.46. The molecule has 0 aliphatic carbocycles. The van der Waals surface area contributed by atoms with Crippen LogP contribution in [0.3, 0.4) is 0 Å². The highest BCUT2D eigenvalue weighted by Gasteiger charge is 2.20. The number of fused-ring (bicyclic) bond motifs is 1. The second-order valence-corrected chi connectivity index (χ2v) is 6.82. The lowest BCUT2D eigenvalue weighted by Gasteiger charge is -2.14. The summed E-state index contributed by atoms with van der Waals surface area (Å²) in [5, 5.41) is 0. The number of aliphatic imine (C=N–C) groups is 1. The molecular weight excluding hydrogens is 278 g/mol. The third-order valence-electron chi connectivity index (χ3n) is 4.20. The van der Waals surface area contributed by atoms with Crippen molar-refractivity contribution in [3.8, 4) is 5.75 Å². The molecule has 0 fully saturated rings. The Morgan fingerprint density at radius 2 is 1.90 bits per heavy atom. The quantitative estimate of drug-likeness (QED) is 0.822. The fraction of sp³-hybridized carbons (Fsp3) is 0.389. The Morgan fingerprint density at radius 3 is 2.62 bits per heavy atom. The lowest BCUT2D eigenvalue weighted by atomic mass is 9.96. The summed E-state index contributed by atoms with van der Waals surface area (Å²) in [4.78, 5) is 7.77. The topological polar surface area (TPSA) is 21.6 Å². The Hall–Kier alpha value is -1.61. The highest BCUT2D eigenvalue weighted by molar-refractivity contribution is 7.12. The van der Waals surface area contributed by atoms with E-state index in [0.29, 0.717) is 0 Å². The van der Waals surface area contributed by atoms with Crippen LogP contribution in [0.25, 0.3) is 0 Å². The van der Waals surface area contributed by atoms with Gasteiger partial charge in [-0.15, -0.1) is 11.3 Å². The number of thiophene rings is 1. The summed E-state index contributed by atoms with van der Waals surface area (Å²) in [5.74, 6) is 0.917. The van der Waals surface area contributed by atoms with Crippen molar-refractivity contribution >= 4 is 17.0 Å². The van der Waals surface area contributed by atoms with Crippen LogP contribution in [0.1, 0.15) is 32.9 Å². The van der Waals surface area contributed by atoms with Crippen molar-refractivity contribution in [2.24, 2.45) is 4.99 Å². The average molecular weight is 299 g/mol. The highest BCUT2D eigenvalue weighted by atomic mass is 32.1. The molecule has 0 bridgehead atoms. The van der Waals surface area contributed by atoms with Crippen molar-refractivity contribution in [1.82, 2.24) is 0 Å². The second kappa shape index (κ2) is 6.02. The molecular formula is C18H21NOS. The molecule has 0 saturated carbocycles. The van der Waals surface area contributed by atoms with E-state index in [1.165, 1.54) is 32.2 Å². The average Bonchev–Trinajstić information content (AvgIpc) is 2.81. The van der Waals surface area contributed by atoms with E-state index >= 15 is 0 Å². The Kier molecular flexibility index (Phi) is 4.11. The summed E-state index contributed by atoms with van der Waals surface area (Å²) < 4.78 is 5.21. The number of hydrogen-bond acceptors (Lipinski definition) is 3. The van der Waals surface area contributed by atoms with E-state index in [9.17, 15) is 0 Å². The fourth-order valence-electron chi connectivity index (χ4n) is 2.88. The number of hydrogen-bond donors (Lipinski definition) is 0. The first-order valence-corrected chi connectivity index (χ1v) is 8.26. The number of methoxy groups -OCH3 is 1. The molecule has 1 aliphatic rings. The predicted molar refractivity (Wildman–Crippen MR) is 90.2 cm³/mol. The number of aryl methyl sites for hydroxylation is 2. The second-order valence-electron chi connectivity index (χ2n) is 5.51. The molecule has 3 heteroatoms. The largest absolute Gasteiger partial charge is 0.497 e. The van der Waals surface area contributed by atoms with Crippen molar-refractivity contribution < 1.29 is 4.74 Å². The lowest BCUT2D eigenvalue weighted by Crippen LogP contribution is -2.12. The smallest absolute Gasteiger partial charge is 0.118 e. The van der Waals surface area contributed by atoms with E-state index in [1.807, 2.05) is 23.5 Å². The summed E-state index contributed by atoms with van der Waals surface area (Å²) in [6.45, 7) is 5.41. The van der Waals surface area contributed by atoms with Gasteiger partial charge in [-0.05, 0) is 49.9 Å². The van der Waals surface area contributed by atoms with Gasteiger partial charge in [0.25, 0.3) is 0 Å². The maximum absolute atomic E-state index is 5.21. The maximum Gasteiger partial charge on any atom is 0.118 e. The van der Waals surface area contributed by atoms with Crippen LogP contribution in [-0.2, 0) is 12.8 Å². The van der Waals surface area contributed by atoms with E-state index < -0.39 is 0 Å². The van der Waals surface area contributed by atoms with Gasteiger partial charge in [-0.25, -0.2) is 0 Å². The number of ether oxygens (including phenoxy) is 1. The van der Waals surface area contributed by atoms with Gasteiger partial charge >= 0.3 is 0 Å². The Bertz CT molecular complexity index is 667. The van der Waals surface area contributed by atoms with Crippen LogP contribution in [0.4, 0.5) is 0 Å². The standard InChI is InChI=1S/C18H21NOS/c1-12-13(2)21-17-10-11-19-16(18(12)17)9-6-14-4-7-15(20-3)8-5-14/h4-5,7-8H,6,9-11H2,1-3H3. The Labute approximate surface area is 130 Å². The van der Waals surface area contributed by atoms with Crippen LogP contribution < -0.4 is 4.74 Å². The number of nitrogens with zero attached hydrogens (tertiary/aromatic N) is 1. The molecule has 1 aromatic heterocycles. The van der Waals surface area contributed by atoms with Crippen molar-refractivity contribution in [2.75, 3.05) is 13.7 Å². The summed E-state index contributed by atoms with van der Waals surface area (Å²) in [7, 11) is 1.70. The zero-order valence-corrected chi connectivity index (χ0v) is 13.7. The van der Waals surface area contributed by atoms with Crippen LogP contribution in [0.15, 0.2) is 29.3 Å². The van der Waals surface area contributed by atoms with Crippen LogP contribution >= 0.6 is 11.3 Å². The van der Waals surface area contributed by atoms with Gasteiger partial charge in [-0.2, -0.15) is 0 Å². The normalized spacial score (nSPS) is 13.8. The molecule has 0 amide bonds. The van der Waals surface area contributed by atoms with Gasteiger partial charge < -0.3 is 4.74 Å². The van der Waals surface area contributed by atoms with Gasteiger partial charge in [0.15, 0.2) is 0 Å². The molecule has 110 valence electrons. The molecule has 1 aromatic carbocycles. The molecule has 0 saturated heterocycles. The monoisotopic (exact) mass is 299 g/mol. The minimum atomic E-state index is 0.917. The van der Waals surface area contributed by atoms with E-state index in [1.54, 1.807) is 7.11 Å². The molecule has 2 aromatic rings. The minimum Gasteiger partial charge on any atom is -0.497 e. The fourth-order valence-corrected chi connectivity index (χ4v) is 4.07. The van der Waals surface area contributed by atoms with Gasteiger partial charge in [0, 0.05) is 34.0 Å². The van der Waals surface area contributed by atoms with E-state index in [0.717, 1.165) is 31.6 Å². The molecule has 0 unspecified atom stereocenters. The molecule has 1 aliphatic heterocycles. The van der Waals surface area contributed by atoms with Crippen LogP contribution in [0, 0.1) is 13.8 Å². The number of benzene rings is 1. The zero-order valence-electron chi connectivity index (χ0n) is 12.9. The van der Waals surface area contributed by atoms with E-state index in [2.05, 4.69) is 26.0 Å². The SMILES string of the molecule is COc1ccc(CCC2=NCCc3sc(C)c(C)c32)cc1. The summed E-state index contributed by atoms with van der Waals surface area (Å²) in [5.41, 5.74) is 5.52. The third kappa shape index (κ3) is 2.88. The highest BCUT2D eigenvalue weighted by Crippen LogP contribution is 2.32. The lowest BCUT2D eigenvalue weighted by molar-refractivity contribution is 0.414. The summed E-state index contributed by atoms with van der Waals surface area (Å²) in [6.07, 6.45) is 3.17. The Morgan fingerprint density at radius 1 is 1.14 bits per heavy atom. The molecule has 0 N–H and O–H groups in total. The van der Waals surface area contributed by atoms with E-state index in [4.69, 9.17) is 9.73 Å². The minimum absolute atomic E-state index is 0.917.